The predicted molar refractivity (Wildman–Crippen MR) is 78.5 cm³/mol. The zero-order valence-corrected chi connectivity index (χ0v) is 11.5. The fourth-order valence-electron chi connectivity index (χ4n) is 2.00. The van der Waals surface area contributed by atoms with Crippen LogP contribution in [0.3, 0.4) is 0 Å². The first-order valence-electron chi connectivity index (χ1n) is 6.99. The first kappa shape index (κ1) is 13.6. The molecule has 0 heterocycles. The Kier molecular flexibility index (Phi) is 3.86. The van der Waals surface area contributed by atoms with Gasteiger partial charge in [-0.15, -0.1) is 0 Å². The Morgan fingerprint density at radius 2 is 1.95 bits per heavy atom. The smallest absolute Gasteiger partial charge is 0.227 e. The molecule has 108 valence electrons. The summed E-state index contributed by atoms with van der Waals surface area (Å²) >= 11 is 0. The van der Waals surface area contributed by atoms with Gasteiger partial charge in [0.05, 0.1) is 0 Å². The molecule has 1 aliphatic carbocycles. The number of halogens is 1. The summed E-state index contributed by atoms with van der Waals surface area (Å²) in [5, 5.41) is 2.88. The lowest BCUT2D eigenvalue weighted by molar-refractivity contribution is -0.117. The highest BCUT2D eigenvalue weighted by atomic mass is 19.1. The van der Waals surface area contributed by atoms with Crippen LogP contribution in [0, 0.1) is 11.7 Å². The average Bonchev–Trinajstić information content (AvgIpc) is 3.32. The summed E-state index contributed by atoms with van der Waals surface area (Å²) in [5.41, 5.74) is 1.63. The monoisotopic (exact) mass is 285 g/mol. The topological polar surface area (TPSA) is 38.3 Å². The Morgan fingerprint density at radius 1 is 1.19 bits per heavy atom. The standard InChI is InChI=1S/C17H16FNO2/c18-14-8-4-12(5-9-14)11-21-16-3-1-2-15(10-16)19-17(20)13-6-7-13/h1-5,8-10,13H,6-7,11H2,(H,19,20). The van der Waals surface area contributed by atoms with Crippen molar-refractivity contribution in [3.05, 3.63) is 59.9 Å². The zero-order valence-electron chi connectivity index (χ0n) is 11.5. The molecule has 0 spiro atoms. The summed E-state index contributed by atoms with van der Waals surface area (Å²) in [6.45, 7) is 0.361. The van der Waals surface area contributed by atoms with Crippen molar-refractivity contribution >= 4 is 11.6 Å². The third kappa shape index (κ3) is 3.81. The third-order valence-electron chi connectivity index (χ3n) is 3.37. The van der Waals surface area contributed by atoms with Gasteiger partial charge in [0.1, 0.15) is 18.2 Å². The maximum absolute atomic E-state index is 12.8. The van der Waals surface area contributed by atoms with Crippen LogP contribution in [0.25, 0.3) is 0 Å². The average molecular weight is 285 g/mol. The van der Waals surface area contributed by atoms with Crippen LogP contribution < -0.4 is 10.1 Å². The molecule has 0 unspecified atom stereocenters. The van der Waals surface area contributed by atoms with Crippen LogP contribution in [0.5, 0.6) is 5.75 Å². The summed E-state index contributed by atoms with van der Waals surface area (Å²) < 4.78 is 18.5. The number of benzene rings is 2. The van der Waals surface area contributed by atoms with Crippen LogP contribution in [0.4, 0.5) is 10.1 Å². The fourth-order valence-corrected chi connectivity index (χ4v) is 2.00. The molecule has 1 saturated carbocycles. The summed E-state index contributed by atoms with van der Waals surface area (Å²) in [7, 11) is 0. The molecule has 0 aliphatic heterocycles. The number of ether oxygens (including phenoxy) is 1. The van der Waals surface area contributed by atoms with E-state index in [4.69, 9.17) is 4.74 Å². The molecule has 1 aliphatic rings. The van der Waals surface area contributed by atoms with E-state index in [2.05, 4.69) is 5.32 Å². The maximum atomic E-state index is 12.8. The predicted octanol–water partition coefficient (Wildman–Crippen LogP) is 3.75. The second-order valence-corrected chi connectivity index (χ2v) is 5.21. The Morgan fingerprint density at radius 3 is 2.67 bits per heavy atom. The van der Waals surface area contributed by atoms with Gasteiger partial charge in [0, 0.05) is 17.7 Å². The van der Waals surface area contributed by atoms with Crippen LogP contribution in [0.1, 0.15) is 18.4 Å². The Hall–Kier alpha value is -2.36. The Labute approximate surface area is 122 Å². The minimum atomic E-state index is -0.261. The van der Waals surface area contributed by atoms with E-state index in [1.807, 2.05) is 18.2 Å². The van der Waals surface area contributed by atoms with E-state index in [0.29, 0.717) is 12.4 Å². The molecule has 0 atom stereocenters. The summed E-state index contributed by atoms with van der Waals surface area (Å²) in [6, 6.07) is 13.5. The molecular formula is C17H16FNO2. The van der Waals surface area contributed by atoms with Gasteiger partial charge >= 0.3 is 0 Å². The van der Waals surface area contributed by atoms with E-state index in [0.717, 1.165) is 24.1 Å². The van der Waals surface area contributed by atoms with E-state index in [1.165, 1.54) is 12.1 Å². The highest BCUT2D eigenvalue weighted by Crippen LogP contribution is 2.30. The number of nitrogens with one attached hydrogen (secondary N) is 1. The second kappa shape index (κ2) is 5.95. The molecule has 1 fully saturated rings. The molecule has 1 amide bonds. The molecule has 2 aromatic rings. The summed E-state index contributed by atoms with van der Waals surface area (Å²) in [5.74, 6) is 0.663. The van der Waals surface area contributed by atoms with E-state index < -0.39 is 0 Å². The molecule has 4 heteroatoms. The van der Waals surface area contributed by atoms with Crippen LogP contribution in [0.2, 0.25) is 0 Å². The largest absolute Gasteiger partial charge is 0.489 e. The number of carbonyl (C=O) groups is 1. The molecule has 0 aromatic heterocycles. The van der Waals surface area contributed by atoms with Crippen molar-refractivity contribution in [3.8, 4) is 5.75 Å². The molecule has 2 aromatic carbocycles. The van der Waals surface area contributed by atoms with Crippen LogP contribution in [0.15, 0.2) is 48.5 Å². The van der Waals surface area contributed by atoms with Gasteiger partial charge in [-0.05, 0) is 42.7 Å². The highest BCUT2D eigenvalue weighted by Gasteiger charge is 2.29. The van der Waals surface area contributed by atoms with Crippen LogP contribution in [-0.4, -0.2) is 5.91 Å². The van der Waals surface area contributed by atoms with Crippen molar-refractivity contribution in [1.29, 1.82) is 0 Å². The van der Waals surface area contributed by atoms with Crippen LogP contribution in [-0.2, 0) is 11.4 Å². The molecule has 0 radical (unpaired) electrons. The number of hydrogen-bond donors (Lipinski definition) is 1. The van der Waals surface area contributed by atoms with Crippen LogP contribution >= 0.6 is 0 Å². The number of anilines is 1. The van der Waals surface area contributed by atoms with Gasteiger partial charge in [-0.3, -0.25) is 4.79 Å². The highest BCUT2D eigenvalue weighted by molar-refractivity contribution is 5.94. The SMILES string of the molecule is O=C(Nc1cccc(OCc2ccc(F)cc2)c1)C1CC1. The van der Waals surface area contributed by atoms with E-state index in [1.54, 1.807) is 18.2 Å². The molecule has 3 rings (SSSR count). The summed E-state index contributed by atoms with van der Waals surface area (Å²) in [6.07, 6.45) is 1.96. The van der Waals surface area contributed by atoms with Gasteiger partial charge in [0.2, 0.25) is 5.91 Å². The molecule has 21 heavy (non-hydrogen) atoms. The van der Waals surface area contributed by atoms with Crippen molar-refractivity contribution in [3.63, 3.8) is 0 Å². The third-order valence-corrected chi connectivity index (χ3v) is 3.37. The minimum Gasteiger partial charge on any atom is -0.489 e. The van der Waals surface area contributed by atoms with E-state index >= 15 is 0 Å². The second-order valence-electron chi connectivity index (χ2n) is 5.21. The summed E-state index contributed by atoms with van der Waals surface area (Å²) in [4.78, 5) is 11.7. The lowest BCUT2D eigenvalue weighted by atomic mass is 10.2. The van der Waals surface area contributed by atoms with Gasteiger partial charge in [-0.1, -0.05) is 18.2 Å². The van der Waals surface area contributed by atoms with E-state index in [-0.39, 0.29) is 17.6 Å². The number of carbonyl (C=O) groups excluding carboxylic acids is 1. The number of amides is 1. The molecule has 0 saturated heterocycles. The van der Waals surface area contributed by atoms with Gasteiger partial charge in [0.25, 0.3) is 0 Å². The number of rotatable bonds is 5. The van der Waals surface area contributed by atoms with Gasteiger partial charge < -0.3 is 10.1 Å². The zero-order chi connectivity index (χ0) is 14.7. The molecule has 0 bridgehead atoms. The maximum Gasteiger partial charge on any atom is 0.227 e. The lowest BCUT2D eigenvalue weighted by Gasteiger charge is -2.09. The molecular weight excluding hydrogens is 269 g/mol. The van der Waals surface area contributed by atoms with Crippen molar-refractivity contribution < 1.29 is 13.9 Å². The minimum absolute atomic E-state index is 0.0747. The van der Waals surface area contributed by atoms with E-state index in [9.17, 15) is 9.18 Å². The van der Waals surface area contributed by atoms with Crippen molar-refractivity contribution in [1.82, 2.24) is 0 Å². The molecule has 1 N–H and O–H groups in total. The lowest BCUT2D eigenvalue weighted by Crippen LogP contribution is -2.13. The van der Waals surface area contributed by atoms with Crippen molar-refractivity contribution in [2.45, 2.75) is 19.4 Å². The Balaban J connectivity index is 1.60. The first-order chi connectivity index (χ1) is 10.2. The van der Waals surface area contributed by atoms with Gasteiger partial charge in [0.15, 0.2) is 0 Å². The normalized spacial score (nSPS) is 13.8. The van der Waals surface area contributed by atoms with Crippen molar-refractivity contribution in [2.75, 3.05) is 5.32 Å². The Bertz CT molecular complexity index is 635. The van der Waals surface area contributed by atoms with Crippen molar-refractivity contribution in [2.24, 2.45) is 5.92 Å². The van der Waals surface area contributed by atoms with Gasteiger partial charge in [-0.25, -0.2) is 4.39 Å². The fraction of sp³-hybridized carbons (Fsp3) is 0.235. The number of hydrogen-bond acceptors (Lipinski definition) is 2. The quantitative estimate of drug-likeness (QED) is 0.908. The molecule has 3 nitrogen and oxygen atoms in total. The van der Waals surface area contributed by atoms with Gasteiger partial charge in [-0.2, -0.15) is 0 Å². The first-order valence-corrected chi connectivity index (χ1v) is 6.99.